The smallest absolute Gasteiger partial charge is 0.146 e. The molecule has 0 aliphatic rings. The molecule has 0 amide bonds. The lowest BCUT2D eigenvalue weighted by Gasteiger charge is -2.12. The van der Waals surface area contributed by atoms with Gasteiger partial charge in [0.1, 0.15) is 6.79 Å². The molecule has 0 N–H and O–H groups in total. The van der Waals surface area contributed by atoms with Crippen LogP contribution in [-0.2, 0) is 18.9 Å². The number of ether oxygens (including phenoxy) is 4. The van der Waals surface area contributed by atoms with Crippen LogP contribution < -0.4 is 0 Å². The van der Waals surface area contributed by atoms with Crippen LogP contribution in [0.4, 0.5) is 0 Å². The van der Waals surface area contributed by atoms with Crippen LogP contribution in [0.2, 0.25) is 0 Å². The molecule has 80 valence electrons. The third-order valence-electron chi connectivity index (χ3n) is 1.68. The molecule has 2 atom stereocenters. The molecular weight excluding hydrogens is 172 g/mol. The summed E-state index contributed by atoms with van der Waals surface area (Å²) in [5.74, 6) is 0. The van der Waals surface area contributed by atoms with Crippen LogP contribution in [0.3, 0.4) is 0 Å². The van der Waals surface area contributed by atoms with Crippen LogP contribution >= 0.6 is 0 Å². The summed E-state index contributed by atoms with van der Waals surface area (Å²) in [6, 6.07) is 0. The van der Waals surface area contributed by atoms with E-state index in [-0.39, 0.29) is 12.2 Å². The zero-order chi connectivity index (χ0) is 10.1. The molecule has 0 heterocycles. The van der Waals surface area contributed by atoms with Crippen molar-refractivity contribution in [2.24, 2.45) is 0 Å². The second-order valence-electron chi connectivity index (χ2n) is 2.95. The van der Waals surface area contributed by atoms with Crippen LogP contribution in [0.15, 0.2) is 0 Å². The van der Waals surface area contributed by atoms with Gasteiger partial charge in [-0.2, -0.15) is 0 Å². The lowest BCUT2D eigenvalue weighted by molar-refractivity contribution is -0.101. The Kier molecular flexibility index (Phi) is 8.33. The molecule has 0 spiro atoms. The molecule has 13 heavy (non-hydrogen) atoms. The predicted octanol–water partition coefficient (Wildman–Crippen LogP) is 1.05. The summed E-state index contributed by atoms with van der Waals surface area (Å²) >= 11 is 0. The summed E-state index contributed by atoms with van der Waals surface area (Å²) in [4.78, 5) is 0. The maximum absolute atomic E-state index is 5.18. The largest absolute Gasteiger partial charge is 0.379 e. The second kappa shape index (κ2) is 8.44. The van der Waals surface area contributed by atoms with E-state index in [4.69, 9.17) is 18.9 Å². The first-order valence-electron chi connectivity index (χ1n) is 4.41. The van der Waals surface area contributed by atoms with Gasteiger partial charge in [-0.25, -0.2) is 0 Å². The van der Waals surface area contributed by atoms with E-state index in [0.29, 0.717) is 20.0 Å². The summed E-state index contributed by atoms with van der Waals surface area (Å²) in [6.45, 7) is 5.28. The van der Waals surface area contributed by atoms with Crippen LogP contribution in [0.5, 0.6) is 0 Å². The molecule has 0 aliphatic heterocycles. The quantitative estimate of drug-likeness (QED) is 0.425. The zero-order valence-corrected chi connectivity index (χ0v) is 8.91. The molecule has 0 bridgehead atoms. The fourth-order valence-electron chi connectivity index (χ4n) is 0.623. The first-order chi connectivity index (χ1) is 6.20. The van der Waals surface area contributed by atoms with Gasteiger partial charge in [-0.1, -0.05) is 0 Å². The van der Waals surface area contributed by atoms with Crippen molar-refractivity contribution >= 4 is 0 Å². The topological polar surface area (TPSA) is 36.9 Å². The average molecular weight is 192 g/mol. The van der Waals surface area contributed by atoms with Gasteiger partial charge < -0.3 is 18.9 Å². The van der Waals surface area contributed by atoms with E-state index in [9.17, 15) is 0 Å². The molecule has 0 aromatic heterocycles. The highest BCUT2D eigenvalue weighted by molar-refractivity contribution is 4.44. The van der Waals surface area contributed by atoms with Crippen molar-refractivity contribution in [3.63, 3.8) is 0 Å². The summed E-state index contributed by atoms with van der Waals surface area (Å²) in [6.07, 6.45) is 0.229. The van der Waals surface area contributed by atoms with Crippen molar-refractivity contribution in [2.75, 3.05) is 34.2 Å². The molecular formula is C9H20O4. The van der Waals surface area contributed by atoms with Gasteiger partial charge in [0.25, 0.3) is 0 Å². The third kappa shape index (κ3) is 8.18. The molecule has 4 nitrogen and oxygen atoms in total. The fraction of sp³-hybridized carbons (Fsp3) is 1.00. The molecule has 0 rings (SSSR count). The molecule has 0 aromatic rings. The van der Waals surface area contributed by atoms with Crippen LogP contribution in [0.25, 0.3) is 0 Å². The summed E-state index contributed by atoms with van der Waals surface area (Å²) < 4.78 is 20.3. The Labute approximate surface area is 80.1 Å². The van der Waals surface area contributed by atoms with Crippen molar-refractivity contribution in [1.82, 2.24) is 0 Å². The number of hydrogen-bond acceptors (Lipinski definition) is 4. The Morgan fingerprint density at radius 1 is 0.846 bits per heavy atom. The molecule has 0 aliphatic carbocycles. The minimum Gasteiger partial charge on any atom is -0.379 e. The van der Waals surface area contributed by atoms with E-state index >= 15 is 0 Å². The van der Waals surface area contributed by atoms with Crippen molar-refractivity contribution in [2.45, 2.75) is 26.1 Å². The number of rotatable bonds is 8. The summed E-state index contributed by atoms with van der Waals surface area (Å²) in [5.41, 5.74) is 0. The van der Waals surface area contributed by atoms with E-state index < -0.39 is 0 Å². The molecule has 0 saturated carbocycles. The first kappa shape index (κ1) is 12.8. The molecule has 0 fully saturated rings. The lowest BCUT2D eigenvalue weighted by Crippen LogP contribution is -2.18. The van der Waals surface area contributed by atoms with E-state index in [1.54, 1.807) is 14.2 Å². The number of methoxy groups -OCH3 is 2. The zero-order valence-electron chi connectivity index (χ0n) is 8.91. The Hall–Kier alpha value is -0.160. The van der Waals surface area contributed by atoms with Gasteiger partial charge in [-0.15, -0.1) is 0 Å². The molecule has 4 heteroatoms. The van der Waals surface area contributed by atoms with Gasteiger partial charge in [-0.05, 0) is 13.8 Å². The molecule has 0 radical (unpaired) electrons. The van der Waals surface area contributed by atoms with Gasteiger partial charge >= 0.3 is 0 Å². The van der Waals surface area contributed by atoms with Gasteiger partial charge in [-0.3, -0.25) is 0 Å². The second-order valence-corrected chi connectivity index (χ2v) is 2.95. The van der Waals surface area contributed by atoms with Gasteiger partial charge in [0, 0.05) is 14.2 Å². The SMILES string of the molecule is COC(C)COCOCC(C)OC. The Morgan fingerprint density at radius 3 is 1.54 bits per heavy atom. The van der Waals surface area contributed by atoms with E-state index in [0.717, 1.165) is 0 Å². The van der Waals surface area contributed by atoms with Crippen LogP contribution in [0.1, 0.15) is 13.8 Å². The first-order valence-corrected chi connectivity index (χ1v) is 4.41. The Bertz CT molecular complexity index is 95.8. The van der Waals surface area contributed by atoms with Crippen molar-refractivity contribution in [3.8, 4) is 0 Å². The monoisotopic (exact) mass is 192 g/mol. The highest BCUT2D eigenvalue weighted by atomic mass is 16.7. The van der Waals surface area contributed by atoms with E-state index in [2.05, 4.69) is 0 Å². The van der Waals surface area contributed by atoms with Gasteiger partial charge in [0.15, 0.2) is 0 Å². The van der Waals surface area contributed by atoms with Crippen LogP contribution in [-0.4, -0.2) is 46.4 Å². The van der Waals surface area contributed by atoms with E-state index in [1.165, 1.54) is 0 Å². The standard InChI is InChI=1S/C9H20O4/c1-8(10-3)5-12-7-13-6-9(2)11-4/h8-9H,5-7H2,1-4H3. The van der Waals surface area contributed by atoms with Gasteiger partial charge in [0.2, 0.25) is 0 Å². The maximum atomic E-state index is 5.18. The minimum absolute atomic E-state index is 0.114. The van der Waals surface area contributed by atoms with Gasteiger partial charge in [0.05, 0.1) is 25.4 Å². The molecule has 0 aromatic carbocycles. The van der Waals surface area contributed by atoms with Crippen LogP contribution in [0, 0.1) is 0 Å². The Balaban J connectivity index is 3.08. The summed E-state index contributed by atoms with van der Waals surface area (Å²) in [7, 11) is 3.31. The fourth-order valence-corrected chi connectivity index (χ4v) is 0.623. The minimum atomic E-state index is 0.114. The third-order valence-corrected chi connectivity index (χ3v) is 1.68. The van der Waals surface area contributed by atoms with E-state index in [1.807, 2.05) is 13.8 Å². The lowest BCUT2D eigenvalue weighted by atomic mass is 10.4. The highest BCUT2D eigenvalue weighted by Crippen LogP contribution is 1.92. The van der Waals surface area contributed by atoms with Crippen molar-refractivity contribution in [3.05, 3.63) is 0 Å². The molecule has 0 saturated heterocycles. The number of hydrogen-bond donors (Lipinski definition) is 0. The molecule has 2 unspecified atom stereocenters. The van der Waals surface area contributed by atoms with Crippen molar-refractivity contribution in [1.29, 1.82) is 0 Å². The maximum Gasteiger partial charge on any atom is 0.146 e. The summed E-state index contributed by atoms with van der Waals surface area (Å²) in [5, 5.41) is 0. The van der Waals surface area contributed by atoms with Crippen molar-refractivity contribution < 1.29 is 18.9 Å². The Morgan fingerprint density at radius 2 is 1.23 bits per heavy atom. The highest BCUT2D eigenvalue weighted by Gasteiger charge is 2.00. The predicted molar refractivity (Wildman–Crippen MR) is 49.7 cm³/mol. The normalized spacial score (nSPS) is 15.7. The average Bonchev–Trinajstić information content (AvgIpc) is 2.16.